The van der Waals surface area contributed by atoms with Gasteiger partial charge in [-0.05, 0) is 51.3 Å². The molecule has 2 N–H and O–H groups in total. The highest BCUT2D eigenvalue weighted by Crippen LogP contribution is 2.28. The van der Waals surface area contributed by atoms with E-state index in [4.69, 9.17) is 9.47 Å². The Morgan fingerprint density at radius 2 is 2.17 bits per heavy atom. The molecule has 1 fully saturated rings. The van der Waals surface area contributed by atoms with E-state index in [9.17, 15) is 9.59 Å². The number of allylic oxidation sites excluding steroid dienone is 3. The highest BCUT2D eigenvalue weighted by atomic mass is 16.5. The number of carbonyl (C=O) groups excluding carboxylic acids is 2. The summed E-state index contributed by atoms with van der Waals surface area (Å²) >= 11 is 0. The van der Waals surface area contributed by atoms with Gasteiger partial charge < -0.3 is 25.0 Å². The van der Waals surface area contributed by atoms with Gasteiger partial charge in [0.2, 0.25) is 12.3 Å². The van der Waals surface area contributed by atoms with Crippen LogP contribution in [0.1, 0.15) is 33.1 Å². The Morgan fingerprint density at radius 1 is 1.41 bits per heavy atom. The Kier molecular flexibility index (Phi) is 12.2. The van der Waals surface area contributed by atoms with Crippen LogP contribution in [0.25, 0.3) is 0 Å². The smallest absolute Gasteiger partial charge is 0.241 e. The predicted octanol–water partition coefficient (Wildman–Crippen LogP) is 2.02. The number of hydrogen-bond acceptors (Lipinski definition) is 5. The minimum absolute atomic E-state index is 0.0569. The Hall–Kier alpha value is -1.96. The number of likely N-dealkylation sites (N-methyl/N-ethyl adjacent to an activating group) is 1. The molecular formula is C22H37N3O4. The molecule has 0 radical (unpaired) electrons. The number of nitrogens with zero attached hydrogens (tertiary/aromatic N) is 1. The van der Waals surface area contributed by atoms with Gasteiger partial charge in [-0.2, -0.15) is 0 Å². The summed E-state index contributed by atoms with van der Waals surface area (Å²) in [6, 6.07) is 0.408. The number of ether oxygens (including phenoxy) is 2. The average Bonchev–Trinajstić information content (AvgIpc) is 3.13. The zero-order chi connectivity index (χ0) is 21.6. The first-order chi connectivity index (χ1) is 14.0. The molecule has 1 saturated heterocycles. The third-order valence-electron chi connectivity index (χ3n) is 5.31. The van der Waals surface area contributed by atoms with Crippen molar-refractivity contribution in [3.05, 3.63) is 36.5 Å². The fraction of sp³-hybridized carbons (Fsp3) is 0.636. The van der Waals surface area contributed by atoms with Crippen LogP contribution >= 0.6 is 0 Å². The van der Waals surface area contributed by atoms with Gasteiger partial charge in [0.1, 0.15) is 6.73 Å². The number of amides is 2. The van der Waals surface area contributed by atoms with Crippen molar-refractivity contribution >= 4 is 12.3 Å². The molecule has 0 aliphatic carbocycles. The highest BCUT2D eigenvalue weighted by Gasteiger charge is 2.33. The molecule has 7 nitrogen and oxygen atoms in total. The molecule has 0 spiro atoms. The molecular weight excluding hydrogens is 370 g/mol. The molecule has 164 valence electrons. The summed E-state index contributed by atoms with van der Waals surface area (Å²) in [6.07, 6.45) is 11.2. The fourth-order valence-electron chi connectivity index (χ4n) is 3.88. The van der Waals surface area contributed by atoms with E-state index in [1.807, 2.05) is 25.2 Å². The summed E-state index contributed by atoms with van der Waals surface area (Å²) in [5, 5.41) is 5.01. The van der Waals surface area contributed by atoms with Gasteiger partial charge in [0.05, 0.1) is 18.8 Å². The first-order valence-electron chi connectivity index (χ1n) is 10.2. The molecule has 1 rings (SSSR count). The molecule has 1 aliphatic heterocycles. The van der Waals surface area contributed by atoms with Crippen molar-refractivity contribution in [1.29, 1.82) is 0 Å². The van der Waals surface area contributed by atoms with Crippen molar-refractivity contribution < 1.29 is 19.1 Å². The van der Waals surface area contributed by atoms with Gasteiger partial charge in [-0.15, -0.1) is 0 Å². The minimum Gasteiger partial charge on any atom is -0.380 e. The van der Waals surface area contributed by atoms with E-state index in [1.165, 1.54) is 6.42 Å². The zero-order valence-electron chi connectivity index (χ0n) is 18.2. The number of hydrogen-bond donors (Lipinski definition) is 2. The summed E-state index contributed by atoms with van der Waals surface area (Å²) in [5.41, 5.74) is 0.991. The number of carbonyl (C=O) groups is 2. The molecule has 0 aromatic carbocycles. The van der Waals surface area contributed by atoms with E-state index < -0.39 is 0 Å². The normalized spacial score (nSPS) is 21.0. The van der Waals surface area contributed by atoms with Crippen molar-refractivity contribution in [2.45, 2.75) is 51.4 Å². The summed E-state index contributed by atoms with van der Waals surface area (Å²) in [5.74, 6) is -0.146. The van der Waals surface area contributed by atoms with Gasteiger partial charge in [0.25, 0.3) is 0 Å². The van der Waals surface area contributed by atoms with E-state index in [-0.39, 0.29) is 37.3 Å². The van der Waals surface area contributed by atoms with Gasteiger partial charge >= 0.3 is 0 Å². The van der Waals surface area contributed by atoms with Crippen LogP contribution in [-0.4, -0.2) is 69.4 Å². The topological polar surface area (TPSA) is 79.9 Å². The van der Waals surface area contributed by atoms with Crippen LogP contribution in [-0.2, 0) is 19.1 Å². The SMILES string of the molecule is C=C/C=C(\C=C/C)C(OCNC(=O)CNC=O)[C@@H](C)CC(OC)C1CCCN1C. The van der Waals surface area contributed by atoms with E-state index in [0.717, 1.165) is 25.0 Å². The van der Waals surface area contributed by atoms with Crippen molar-refractivity contribution in [3.8, 4) is 0 Å². The van der Waals surface area contributed by atoms with Gasteiger partial charge in [0, 0.05) is 13.2 Å². The molecule has 0 saturated carbocycles. The number of likely N-dealkylation sites (tertiary alicyclic amines) is 1. The molecule has 0 bridgehead atoms. The molecule has 1 heterocycles. The summed E-state index contributed by atoms with van der Waals surface area (Å²) in [4.78, 5) is 24.4. The standard InChI is InChI=1S/C22H37N3O4/c1-6-9-18(10-7-2)22(29-16-24-21(27)14-23-15-26)17(3)13-20(28-5)19-11-8-12-25(19)4/h6-7,9-10,15,17,19-20,22H,1,8,11-14,16H2,2-5H3,(H,23,26)(H,24,27)/b10-7-,18-9+/t17-,19?,20?,22?/m0/s1. The van der Waals surface area contributed by atoms with Crippen LogP contribution in [0.4, 0.5) is 0 Å². The number of rotatable bonds is 14. The van der Waals surface area contributed by atoms with E-state index >= 15 is 0 Å². The Morgan fingerprint density at radius 3 is 2.72 bits per heavy atom. The van der Waals surface area contributed by atoms with Gasteiger partial charge in [-0.3, -0.25) is 9.59 Å². The van der Waals surface area contributed by atoms with Gasteiger partial charge in [-0.25, -0.2) is 0 Å². The lowest BCUT2D eigenvalue weighted by Gasteiger charge is -2.33. The maximum Gasteiger partial charge on any atom is 0.241 e. The molecule has 0 aromatic rings. The zero-order valence-corrected chi connectivity index (χ0v) is 18.2. The molecule has 7 heteroatoms. The Bertz CT molecular complexity index is 576. The lowest BCUT2D eigenvalue weighted by molar-refractivity contribution is -0.124. The van der Waals surface area contributed by atoms with Crippen LogP contribution in [0, 0.1) is 5.92 Å². The lowest BCUT2D eigenvalue weighted by atomic mass is 9.88. The maximum absolute atomic E-state index is 11.7. The summed E-state index contributed by atoms with van der Waals surface area (Å²) in [6.45, 7) is 8.99. The summed E-state index contributed by atoms with van der Waals surface area (Å²) in [7, 11) is 3.92. The van der Waals surface area contributed by atoms with Crippen molar-refractivity contribution in [2.24, 2.45) is 5.92 Å². The minimum atomic E-state index is -0.300. The third-order valence-corrected chi connectivity index (χ3v) is 5.31. The van der Waals surface area contributed by atoms with Crippen LogP contribution in [0.5, 0.6) is 0 Å². The third kappa shape index (κ3) is 8.51. The predicted molar refractivity (Wildman–Crippen MR) is 115 cm³/mol. The molecule has 1 aliphatic rings. The first-order valence-corrected chi connectivity index (χ1v) is 10.2. The van der Waals surface area contributed by atoms with Crippen molar-refractivity contribution in [3.63, 3.8) is 0 Å². The molecule has 0 aromatic heterocycles. The van der Waals surface area contributed by atoms with Crippen molar-refractivity contribution in [2.75, 3.05) is 34.0 Å². The van der Waals surface area contributed by atoms with Crippen LogP contribution in [0.3, 0.4) is 0 Å². The maximum atomic E-state index is 11.7. The van der Waals surface area contributed by atoms with E-state index in [1.54, 1.807) is 13.2 Å². The second-order valence-electron chi connectivity index (χ2n) is 7.41. The largest absolute Gasteiger partial charge is 0.380 e. The fourth-order valence-corrected chi connectivity index (χ4v) is 3.88. The lowest BCUT2D eigenvalue weighted by Crippen LogP contribution is -2.41. The first kappa shape index (κ1) is 25.1. The van der Waals surface area contributed by atoms with Crippen LogP contribution < -0.4 is 10.6 Å². The molecule has 3 unspecified atom stereocenters. The monoisotopic (exact) mass is 407 g/mol. The van der Waals surface area contributed by atoms with Crippen molar-refractivity contribution in [1.82, 2.24) is 15.5 Å². The molecule has 29 heavy (non-hydrogen) atoms. The van der Waals surface area contributed by atoms with Gasteiger partial charge in [-0.1, -0.05) is 37.8 Å². The van der Waals surface area contributed by atoms with E-state index in [2.05, 4.69) is 36.1 Å². The Balaban J connectivity index is 2.84. The van der Waals surface area contributed by atoms with E-state index in [0.29, 0.717) is 12.5 Å². The number of methoxy groups -OCH3 is 1. The Labute approximate surface area is 175 Å². The molecule has 2 amide bonds. The van der Waals surface area contributed by atoms with Gasteiger partial charge in [0.15, 0.2) is 0 Å². The highest BCUT2D eigenvalue weighted by molar-refractivity contribution is 5.79. The quantitative estimate of drug-likeness (QED) is 0.262. The second-order valence-corrected chi connectivity index (χ2v) is 7.41. The van der Waals surface area contributed by atoms with Crippen LogP contribution in [0.15, 0.2) is 36.5 Å². The van der Waals surface area contributed by atoms with Crippen LogP contribution in [0.2, 0.25) is 0 Å². The second kappa shape index (κ2) is 14.1. The average molecular weight is 408 g/mol. The number of nitrogens with one attached hydrogen (secondary N) is 2. The molecule has 4 atom stereocenters. The summed E-state index contributed by atoms with van der Waals surface area (Å²) < 4.78 is 11.9.